The third kappa shape index (κ3) is 2.52. The number of Topliss-reactive ketones (excluding diaryl/α,β-unsaturated/α-hetero) is 1. The van der Waals surface area contributed by atoms with Crippen LogP contribution in [0.15, 0.2) is 16.6 Å². The van der Waals surface area contributed by atoms with Crippen molar-refractivity contribution in [2.45, 2.75) is 39.7 Å². The number of hydrogen-bond acceptors (Lipinski definition) is 2. The van der Waals surface area contributed by atoms with Crippen LogP contribution in [0, 0.1) is 19.8 Å². The molecule has 2 nitrogen and oxygen atoms in total. The molecule has 1 aliphatic heterocycles. The molecule has 0 aliphatic carbocycles. The first-order chi connectivity index (χ1) is 8.54. The van der Waals surface area contributed by atoms with Gasteiger partial charge >= 0.3 is 0 Å². The molecule has 0 aromatic heterocycles. The summed E-state index contributed by atoms with van der Waals surface area (Å²) in [5.74, 6) is 0.279. The summed E-state index contributed by atoms with van der Waals surface area (Å²) >= 11 is 3.50. The fraction of sp³-hybridized carbons (Fsp3) is 0.533. The van der Waals surface area contributed by atoms with E-state index in [1.54, 1.807) is 0 Å². The zero-order valence-electron chi connectivity index (χ0n) is 11.1. The Balaban J connectivity index is 2.31. The molecule has 0 bridgehead atoms. The number of aryl methyl sites for hydroxylation is 2. The predicted octanol–water partition coefficient (Wildman–Crippen LogP) is 4.06. The van der Waals surface area contributed by atoms with E-state index in [4.69, 9.17) is 4.74 Å². The highest BCUT2D eigenvalue weighted by molar-refractivity contribution is 9.10. The summed E-state index contributed by atoms with van der Waals surface area (Å²) in [5.41, 5.74) is 3.00. The molecule has 0 spiro atoms. The van der Waals surface area contributed by atoms with Crippen LogP contribution < -0.4 is 0 Å². The first-order valence-electron chi connectivity index (χ1n) is 6.47. The second-order valence-corrected chi connectivity index (χ2v) is 5.85. The largest absolute Gasteiger partial charge is 0.377 e. The Morgan fingerprint density at radius 3 is 2.78 bits per heavy atom. The topological polar surface area (TPSA) is 26.3 Å². The molecule has 1 aliphatic rings. The highest BCUT2D eigenvalue weighted by atomic mass is 79.9. The number of ether oxygens (including phenoxy) is 1. The number of ketones is 1. The van der Waals surface area contributed by atoms with E-state index in [0.29, 0.717) is 6.61 Å². The minimum absolute atomic E-state index is 0.0364. The molecule has 0 saturated carbocycles. The van der Waals surface area contributed by atoms with Gasteiger partial charge in [-0.2, -0.15) is 0 Å². The van der Waals surface area contributed by atoms with Gasteiger partial charge in [0.15, 0.2) is 5.78 Å². The van der Waals surface area contributed by atoms with E-state index in [1.807, 2.05) is 26.0 Å². The van der Waals surface area contributed by atoms with Crippen LogP contribution in [0.25, 0.3) is 0 Å². The smallest absolute Gasteiger partial charge is 0.168 e. The van der Waals surface area contributed by atoms with Crippen molar-refractivity contribution in [3.05, 3.63) is 33.3 Å². The first kappa shape index (κ1) is 13.8. The van der Waals surface area contributed by atoms with Gasteiger partial charge in [0.1, 0.15) is 0 Å². The summed E-state index contributed by atoms with van der Waals surface area (Å²) in [5, 5.41) is 0. The lowest BCUT2D eigenvalue weighted by Crippen LogP contribution is -2.24. The second kappa shape index (κ2) is 5.54. The van der Waals surface area contributed by atoms with Crippen LogP contribution in [-0.2, 0) is 4.74 Å². The van der Waals surface area contributed by atoms with Crippen molar-refractivity contribution in [1.29, 1.82) is 0 Å². The first-order valence-corrected chi connectivity index (χ1v) is 7.26. The maximum Gasteiger partial charge on any atom is 0.168 e. The SMILES string of the molecule is CCC1OCCC1C(=O)c1cc(C)c(Br)cc1C. The van der Waals surface area contributed by atoms with E-state index in [0.717, 1.165) is 34.0 Å². The lowest BCUT2D eigenvalue weighted by atomic mass is 9.88. The second-order valence-electron chi connectivity index (χ2n) is 4.99. The van der Waals surface area contributed by atoms with Crippen LogP contribution in [0.5, 0.6) is 0 Å². The Bertz CT molecular complexity index is 468. The Morgan fingerprint density at radius 2 is 2.11 bits per heavy atom. The average Bonchev–Trinajstić information content (AvgIpc) is 2.81. The molecular formula is C15H19BrO2. The maximum absolute atomic E-state index is 12.6. The molecule has 1 fully saturated rings. The quantitative estimate of drug-likeness (QED) is 0.787. The highest BCUT2D eigenvalue weighted by Crippen LogP contribution is 2.30. The van der Waals surface area contributed by atoms with Gasteiger partial charge in [-0.25, -0.2) is 0 Å². The molecule has 98 valence electrons. The maximum atomic E-state index is 12.6. The van der Waals surface area contributed by atoms with Crippen LogP contribution in [0.3, 0.4) is 0 Å². The standard InChI is InChI=1S/C15H19BrO2/c1-4-14-11(5-6-18-14)15(17)12-7-10(3)13(16)8-9(12)2/h7-8,11,14H,4-6H2,1-3H3. The number of hydrogen-bond donors (Lipinski definition) is 0. The van der Waals surface area contributed by atoms with Crippen molar-refractivity contribution in [3.63, 3.8) is 0 Å². The Labute approximate surface area is 117 Å². The number of halogens is 1. The van der Waals surface area contributed by atoms with Crippen molar-refractivity contribution in [3.8, 4) is 0 Å². The molecule has 2 unspecified atom stereocenters. The Hall–Kier alpha value is -0.670. The lowest BCUT2D eigenvalue weighted by molar-refractivity contribution is 0.0688. The normalized spacial score (nSPS) is 23.3. The fourth-order valence-electron chi connectivity index (χ4n) is 2.60. The molecule has 0 amide bonds. The van der Waals surface area contributed by atoms with Gasteiger partial charge in [-0.05, 0) is 49.9 Å². The van der Waals surface area contributed by atoms with Gasteiger partial charge in [0, 0.05) is 16.6 Å². The molecule has 2 rings (SSSR count). The van der Waals surface area contributed by atoms with E-state index in [1.165, 1.54) is 0 Å². The van der Waals surface area contributed by atoms with E-state index in [2.05, 4.69) is 22.9 Å². The molecule has 1 heterocycles. The van der Waals surface area contributed by atoms with Gasteiger partial charge in [-0.1, -0.05) is 22.9 Å². The van der Waals surface area contributed by atoms with Gasteiger partial charge < -0.3 is 4.74 Å². The summed E-state index contributed by atoms with van der Waals surface area (Å²) in [6.45, 7) is 6.80. The van der Waals surface area contributed by atoms with Crippen LogP contribution in [0.2, 0.25) is 0 Å². The summed E-state index contributed by atoms with van der Waals surface area (Å²) in [4.78, 5) is 12.6. The zero-order chi connectivity index (χ0) is 13.3. The molecule has 1 aromatic carbocycles. The van der Waals surface area contributed by atoms with Crippen molar-refractivity contribution >= 4 is 21.7 Å². The van der Waals surface area contributed by atoms with Crippen LogP contribution >= 0.6 is 15.9 Å². The molecule has 0 radical (unpaired) electrons. The van der Waals surface area contributed by atoms with Crippen molar-refractivity contribution in [1.82, 2.24) is 0 Å². The van der Waals surface area contributed by atoms with Gasteiger partial charge in [0.25, 0.3) is 0 Å². The molecule has 1 saturated heterocycles. The number of carbonyl (C=O) groups is 1. The van der Waals surface area contributed by atoms with Gasteiger partial charge in [-0.15, -0.1) is 0 Å². The van der Waals surface area contributed by atoms with Crippen LogP contribution in [0.1, 0.15) is 41.3 Å². The minimum atomic E-state index is 0.0364. The van der Waals surface area contributed by atoms with E-state index in [9.17, 15) is 4.79 Å². The number of carbonyl (C=O) groups excluding carboxylic acids is 1. The Kier molecular flexibility index (Phi) is 4.23. The minimum Gasteiger partial charge on any atom is -0.377 e. The summed E-state index contributed by atoms with van der Waals surface area (Å²) in [6, 6.07) is 4.02. The average molecular weight is 311 g/mol. The van der Waals surface area contributed by atoms with Crippen molar-refractivity contribution < 1.29 is 9.53 Å². The van der Waals surface area contributed by atoms with Crippen molar-refractivity contribution in [2.24, 2.45) is 5.92 Å². The van der Waals surface area contributed by atoms with Crippen LogP contribution in [0.4, 0.5) is 0 Å². The monoisotopic (exact) mass is 310 g/mol. The summed E-state index contributed by atoms with van der Waals surface area (Å²) < 4.78 is 6.68. The molecular weight excluding hydrogens is 292 g/mol. The van der Waals surface area contributed by atoms with Crippen molar-refractivity contribution in [2.75, 3.05) is 6.61 Å². The zero-order valence-corrected chi connectivity index (χ0v) is 12.7. The molecule has 3 heteroatoms. The summed E-state index contributed by atoms with van der Waals surface area (Å²) in [7, 11) is 0. The molecule has 18 heavy (non-hydrogen) atoms. The Morgan fingerprint density at radius 1 is 1.39 bits per heavy atom. The molecule has 0 N–H and O–H groups in total. The molecule has 1 aromatic rings. The van der Waals surface area contributed by atoms with E-state index < -0.39 is 0 Å². The van der Waals surface area contributed by atoms with Crippen LogP contribution in [-0.4, -0.2) is 18.5 Å². The van der Waals surface area contributed by atoms with E-state index in [-0.39, 0.29) is 17.8 Å². The highest BCUT2D eigenvalue weighted by Gasteiger charge is 2.33. The number of benzene rings is 1. The summed E-state index contributed by atoms with van der Waals surface area (Å²) in [6.07, 6.45) is 1.86. The van der Waals surface area contributed by atoms with E-state index >= 15 is 0 Å². The van der Waals surface area contributed by atoms with Gasteiger partial charge in [0.05, 0.1) is 12.0 Å². The predicted molar refractivity (Wildman–Crippen MR) is 76.1 cm³/mol. The van der Waals surface area contributed by atoms with Gasteiger partial charge in [0.2, 0.25) is 0 Å². The molecule has 2 atom stereocenters. The third-order valence-corrected chi connectivity index (χ3v) is 4.57. The lowest BCUT2D eigenvalue weighted by Gasteiger charge is -2.17. The number of rotatable bonds is 3. The van der Waals surface area contributed by atoms with Gasteiger partial charge in [-0.3, -0.25) is 4.79 Å². The fourth-order valence-corrected chi connectivity index (χ4v) is 3.05. The third-order valence-electron chi connectivity index (χ3n) is 3.72.